The van der Waals surface area contributed by atoms with E-state index < -0.39 is 6.10 Å². The normalized spacial score (nSPS) is 14.5. The number of benzene rings is 1. The lowest BCUT2D eigenvalue weighted by Gasteiger charge is -2.18. The van der Waals surface area contributed by atoms with Crippen molar-refractivity contribution in [2.75, 3.05) is 14.2 Å². The third kappa shape index (κ3) is 2.63. The van der Waals surface area contributed by atoms with Crippen molar-refractivity contribution in [3.63, 3.8) is 0 Å². The Bertz CT molecular complexity index is 321. The van der Waals surface area contributed by atoms with E-state index in [1.807, 2.05) is 25.1 Å². The molecule has 3 nitrogen and oxygen atoms in total. The number of aliphatic hydroxyl groups is 1. The van der Waals surface area contributed by atoms with Gasteiger partial charge in [-0.3, -0.25) is 0 Å². The number of ether oxygens (including phenoxy) is 2. The molecule has 0 saturated carbocycles. The van der Waals surface area contributed by atoms with Crippen LogP contribution in [-0.2, 0) is 0 Å². The van der Waals surface area contributed by atoms with Crippen molar-refractivity contribution in [1.82, 2.24) is 0 Å². The van der Waals surface area contributed by atoms with Crippen LogP contribution in [0.15, 0.2) is 18.2 Å². The van der Waals surface area contributed by atoms with Crippen molar-refractivity contribution in [2.45, 2.75) is 25.9 Å². The van der Waals surface area contributed by atoms with Gasteiger partial charge in [0.1, 0.15) is 11.5 Å². The number of aliphatic hydroxyl groups excluding tert-OH is 1. The van der Waals surface area contributed by atoms with Gasteiger partial charge in [0.15, 0.2) is 0 Å². The molecular formula is C12H18O3. The second-order valence-electron chi connectivity index (χ2n) is 3.64. The predicted octanol–water partition coefficient (Wildman–Crippen LogP) is 2.19. The molecule has 0 aliphatic heterocycles. The van der Waals surface area contributed by atoms with Crippen LogP contribution < -0.4 is 9.47 Å². The molecule has 0 aliphatic rings. The lowest BCUT2D eigenvalue weighted by molar-refractivity contribution is 0.167. The third-order valence-electron chi connectivity index (χ3n) is 2.65. The van der Waals surface area contributed by atoms with Gasteiger partial charge < -0.3 is 14.6 Å². The Morgan fingerprint density at radius 3 is 2.27 bits per heavy atom. The summed E-state index contributed by atoms with van der Waals surface area (Å²) < 4.78 is 10.4. The molecular weight excluding hydrogens is 192 g/mol. The fourth-order valence-corrected chi connectivity index (χ4v) is 1.45. The van der Waals surface area contributed by atoms with Crippen LogP contribution in [0.4, 0.5) is 0 Å². The molecule has 84 valence electrons. The molecule has 1 aromatic rings. The Labute approximate surface area is 90.6 Å². The van der Waals surface area contributed by atoms with Gasteiger partial charge in [-0.05, 0) is 18.6 Å². The fraction of sp³-hybridized carbons (Fsp3) is 0.500. The lowest BCUT2D eigenvalue weighted by atomic mass is 9.95. The Hall–Kier alpha value is -1.22. The molecule has 0 aliphatic carbocycles. The summed E-state index contributed by atoms with van der Waals surface area (Å²) in [6.07, 6.45) is -0.396. The molecule has 15 heavy (non-hydrogen) atoms. The molecule has 0 radical (unpaired) electrons. The summed E-state index contributed by atoms with van der Waals surface area (Å²) in [4.78, 5) is 0. The SMILES string of the molecule is COc1ccc(C(C)C(C)O)c(OC)c1. The number of hydrogen-bond donors (Lipinski definition) is 1. The van der Waals surface area contributed by atoms with Crippen molar-refractivity contribution < 1.29 is 14.6 Å². The second kappa shape index (κ2) is 5.03. The minimum Gasteiger partial charge on any atom is -0.497 e. The molecule has 1 rings (SSSR count). The van der Waals surface area contributed by atoms with E-state index in [2.05, 4.69) is 0 Å². The molecule has 0 spiro atoms. The predicted molar refractivity (Wildman–Crippen MR) is 59.6 cm³/mol. The van der Waals surface area contributed by atoms with E-state index >= 15 is 0 Å². The second-order valence-corrected chi connectivity index (χ2v) is 3.64. The van der Waals surface area contributed by atoms with Crippen molar-refractivity contribution in [3.8, 4) is 11.5 Å². The van der Waals surface area contributed by atoms with Crippen molar-refractivity contribution in [1.29, 1.82) is 0 Å². The van der Waals surface area contributed by atoms with Crippen LogP contribution in [0, 0.1) is 0 Å². The van der Waals surface area contributed by atoms with E-state index in [0.717, 1.165) is 17.1 Å². The topological polar surface area (TPSA) is 38.7 Å². The Morgan fingerprint density at radius 2 is 1.80 bits per heavy atom. The molecule has 0 amide bonds. The standard InChI is InChI=1S/C12H18O3/c1-8(9(2)13)11-6-5-10(14-3)7-12(11)15-4/h5-9,13H,1-4H3. The van der Waals surface area contributed by atoms with E-state index in [1.54, 1.807) is 21.1 Å². The summed E-state index contributed by atoms with van der Waals surface area (Å²) in [7, 11) is 3.24. The zero-order valence-corrected chi connectivity index (χ0v) is 9.65. The van der Waals surface area contributed by atoms with Crippen LogP contribution >= 0.6 is 0 Å². The van der Waals surface area contributed by atoms with E-state index in [1.165, 1.54) is 0 Å². The Morgan fingerprint density at radius 1 is 1.13 bits per heavy atom. The number of hydrogen-bond acceptors (Lipinski definition) is 3. The molecule has 0 aromatic heterocycles. The summed E-state index contributed by atoms with van der Waals surface area (Å²) in [5.41, 5.74) is 0.994. The molecule has 0 saturated heterocycles. The van der Waals surface area contributed by atoms with Gasteiger partial charge in [-0.15, -0.1) is 0 Å². The molecule has 3 heteroatoms. The molecule has 2 atom stereocenters. The van der Waals surface area contributed by atoms with Crippen LogP contribution in [0.25, 0.3) is 0 Å². The van der Waals surface area contributed by atoms with E-state index in [0.29, 0.717) is 0 Å². The highest BCUT2D eigenvalue weighted by Crippen LogP contribution is 2.31. The Balaban J connectivity index is 3.07. The van der Waals surface area contributed by atoms with E-state index in [4.69, 9.17) is 9.47 Å². The Kier molecular flexibility index (Phi) is 3.97. The highest BCUT2D eigenvalue weighted by Gasteiger charge is 2.16. The smallest absolute Gasteiger partial charge is 0.126 e. The maximum absolute atomic E-state index is 9.53. The molecule has 0 bridgehead atoms. The van der Waals surface area contributed by atoms with Crippen molar-refractivity contribution in [3.05, 3.63) is 23.8 Å². The lowest BCUT2D eigenvalue weighted by Crippen LogP contribution is -2.12. The van der Waals surface area contributed by atoms with Gasteiger partial charge in [0, 0.05) is 12.0 Å². The number of methoxy groups -OCH3 is 2. The quantitative estimate of drug-likeness (QED) is 0.828. The summed E-state index contributed by atoms with van der Waals surface area (Å²) in [6, 6.07) is 5.62. The van der Waals surface area contributed by atoms with Crippen molar-refractivity contribution >= 4 is 0 Å². The van der Waals surface area contributed by atoms with Crippen LogP contribution in [0.2, 0.25) is 0 Å². The first kappa shape index (κ1) is 11.9. The highest BCUT2D eigenvalue weighted by molar-refractivity contribution is 5.42. The highest BCUT2D eigenvalue weighted by atomic mass is 16.5. The van der Waals surface area contributed by atoms with Gasteiger partial charge in [-0.25, -0.2) is 0 Å². The first-order valence-corrected chi connectivity index (χ1v) is 5.00. The van der Waals surface area contributed by atoms with Crippen LogP contribution in [0.5, 0.6) is 11.5 Å². The maximum Gasteiger partial charge on any atom is 0.126 e. The van der Waals surface area contributed by atoms with Gasteiger partial charge in [0.25, 0.3) is 0 Å². The zero-order valence-electron chi connectivity index (χ0n) is 9.65. The van der Waals surface area contributed by atoms with Gasteiger partial charge in [0.2, 0.25) is 0 Å². The fourth-order valence-electron chi connectivity index (χ4n) is 1.45. The zero-order chi connectivity index (χ0) is 11.4. The van der Waals surface area contributed by atoms with E-state index in [9.17, 15) is 5.11 Å². The average Bonchev–Trinajstić information content (AvgIpc) is 2.27. The molecule has 0 fully saturated rings. The van der Waals surface area contributed by atoms with Crippen LogP contribution in [0.3, 0.4) is 0 Å². The van der Waals surface area contributed by atoms with Gasteiger partial charge >= 0.3 is 0 Å². The summed E-state index contributed by atoms with van der Waals surface area (Å²) >= 11 is 0. The summed E-state index contributed by atoms with van der Waals surface area (Å²) in [5.74, 6) is 1.56. The average molecular weight is 210 g/mol. The molecule has 0 heterocycles. The minimum atomic E-state index is -0.396. The maximum atomic E-state index is 9.53. The number of rotatable bonds is 4. The van der Waals surface area contributed by atoms with Crippen LogP contribution in [0.1, 0.15) is 25.3 Å². The monoisotopic (exact) mass is 210 g/mol. The van der Waals surface area contributed by atoms with E-state index in [-0.39, 0.29) is 5.92 Å². The minimum absolute atomic E-state index is 0.0471. The van der Waals surface area contributed by atoms with Gasteiger partial charge in [0.05, 0.1) is 20.3 Å². The first-order valence-electron chi connectivity index (χ1n) is 5.00. The largest absolute Gasteiger partial charge is 0.497 e. The van der Waals surface area contributed by atoms with Gasteiger partial charge in [-0.1, -0.05) is 13.0 Å². The van der Waals surface area contributed by atoms with Crippen molar-refractivity contribution in [2.24, 2.45) is 0 Å². The summed E-state index contributed by atoms with van der Waals surface area (Å²) in [6.45, 7) is 3.74. The summed E-state index contributed by atoms with van der Waals surface area (Å²) in [5, 5.41) is 9.53. The molecule has 1 aromatic carbocycles. The first-order chi connectivity index (χ1) is 7.10. The molecule has 1 N–H and O–H groups in total. The molecule has 2 unspecified atom stereocenters. The third-order valence-corrected chi connectivity index (χ3v) is 2.65. The van der Waals surface area contributed by atoms with Crippen LogP contribution in [-0.4, -0.2) is 25.4 Å². The van der Waals surface area contributed by atoms with Gasteiger partial charge in [-0.2, -0.15) is 0 Å².